The van der Waals surface area contributed by atoms with Crippen molar-refractivity contribution in [3.8, 4) is 0 Å². The summed E-state index contributed by atoms with van der Waals surface area (Å²) < 4.78 is 0. The van der Waals surface area contributed by atoms with Gasteiger partial charge in [-0.3, -0.25) is 24.1 Å². The first-order valence-electron chi connectivity index (χ1n) is 10.8. The summed E-state index contributed by atoms with van der Waals surface area (Å²) in [6.07, 6.45) is -1.31. The molecule has 0 aliphatic carbocycles. The number of aliphatic carboxylic acids is 1. The van der Waals surface area contributed by atoms with Crippen molar-refractivity contribution in [3.05, 3.63) is 65.7 Å². The number of carboxylic acid groups (broad SMARTS) is 1. The normalized spacial score (nSPS) is 16.0. The van der Waals surface area contributed by atoms with Crippen molar-refractivity contribution >= 4 is 47.7 Å². The second-order valence-electron chi connectivity index (χ2n) is 8.04. The molecule has 0 aromatic heterocycles. The summed E-state index contributed by atoms with van der Waals surface area (Å²) in [5.74, 6) is -2.85. The molecule has 11 heteroatoms. The number of benzodiazepines with no additional fused rings is 1. The van der Waals surface area contributed by atoms with Crippen LogP contribution in [0.3, 0.4) is 0 Å². The first-order chi connectivity index (χ1) is 16.6. The number of benzene rings is 2. The second kappa shape index (κ2) is 11.2. The highest BCUT2D eigenvalue weighted by Gasteiger charge is 2.38. The number of fused-ring (bicyclic) bond motifs is 1. The van der Waals surface area contributed by atoms with Gasteiger partial charge in [-0.1, -0.05) is 48.5 Å². The largest absolute Gasteiger partial charge is 0.480 e. The van der Waals surface area contributed by atoms with Gasteiger partial charge in [-0.25, -0.2) is 4.99 Å². The average Bonchev–Trinajstić information content (AvgIpc) is 2.97. The van der Waals surface area contributed by atoms with Crippen LogP contribution in [-0.2, 0) is 19.2 Å². The zero-order valence-corrected chi connectivity index (χ0v) is 20.3. The molecule has 0 saturated carbocycles. The first kappa shape index (κ1) is 25.9. The van der Waals surface area contributed by atoms with Gasteiger partial charge in [0.25, 0.3) is 5.91 Å². The minimum absolute atomic E-state index is 0.0712. The Morgan fingerprint density at radius 3 is 2.37 bits per heavy atom. The van der Waals surface area contributed by atoms with E-state index in [2.05, 4.69) is 17.6 Å². The predicted octanol–water partition coefficient (Wildman–Crippen LogP) is 0.455. The fourth-order valence-electron chi connectivity index (χ4n) is 3.66. The molecule has 0 spiro atoms. The Labute approximate surface area is 208 Å². The van der Waals surface area contributed by atoms with Crippen LogP contribution in [0.4, 0.5) is 5.69 Å². The summed E-state index contributed by atoms with van der Waals surface area (Å²) in [6, 6.07) is 15.2. The van der Waals surface area contributed by atoms with Crippen molar-refractivity contribution in [2.75, 3.05) is 37.8 Å². The Morgan fingerprint density at radius 1 is 1.11 bits per heavy atom. The van der Waals surface area contributed by atoms with Gasteiger partial charge in [-0.15, -0.1) is 0 Å². The van der Waals surface area contributed by atoms with Crippen LogP contribution in [0, 0.1) is 0 Å². The number of carbonyl (C=O) groups excluding carboxylic acids is 3. The van der Waals surface area contributed by atoms with Crippen LogP contribution in [0.5, 0.6) is 0 Å². The molecule has 3 amide bonds. The van der Waals surface area contributed by atoms with E-state index >= 15 is 0 Å². The van der Waals surface area contributed by atoms with Gasteiger partial charge in [-0.05, 0) is 6.07 Å². The molecule has 3 rings (SSSR count). The lowest BCUT2D eigenvalue weighted by Crippen LogP contribution is -2.54. The van der Waals surface area contributed by atoms with E-state index in [1.54, 1.807) is 24.3 Å². The molecule has 2 aromatic rings. The van der Waals surface area contributed by atoms with Gasteiger partial charge in [0.1, 0.15) is 13.1 Å². The van der Waals surface area contributed by atoms with E-state index in [9.17, 15) is 19.2 Å². The molecule has 10 nitrogen and oxygen atoms in total. The molecular weight excluding hydrogens is 470 g/mol. The number of carbonyl (C=O) groups is 4. The summed E-state index contributed by atoms with van der Waals surface area (Å²) in [7, 11) is 2.77. The number of aliphatic imine (C=N–C) groups is 1. The van der Waals surface area contributed by atoms with Gasteiger partial charge in [0.2, 0.25) is 18.0 Å². The zero-order valence-electron chi connectivity index (χ0n) is 19.4. The van der Waals surface area contributed by atoms with Crippen molar-refractivity contribution < 1.29 is 24.3 Å². The molecule has 2 unspecified atom stereocenters. The van der Waals surface area contributed by atoms with Crippen LogP contribution in [0.2, 0.25) is 0 Å². The number of rotatable bonds is 8. The molecule has 0 bridgehead atoms. The van der Waals surface area contributed by atoms with Crippen molar-refractivity contribution in [3.63, 3.8) is 0 Å². The Hall–Kier alpha value is -3.70. The van der Waals surface area contributed by atoms with Crippen LogP contribution >= 0.6 is 12.6 Å². The highest BCUT2D eigenvalue weighted by Crippen LogP contribution is 2.29. The van der Waals surface area contributed by atoms with E-state index in [-0.39, 0.29) is 5.75 Å². The number of carboxylic acids is 1. The number of hydrogen-bond donors (Lipinski definition) is 3. The number of anilines is 1. The number of para-hydroxylation sites is 1. The molecule has 3 N–H and O–H groups in total. The monoisotopic (exact) mass is 497 g/mol. The van der Waals surface area contributed by atoms with Crippen LogP contribution in [0.15, 0.2) is 59.6 Å². The molecule has 1 heterocycles. The number of thiol groups is 1. The minimum Gasteiger partial charge on any atom is -0.480 e. The summed E-state index contributed by atoms with van der Waals surface area (Å²) in [4.78, 5) is 58.7. The quantitative estimate of drug-likeness (QED) is 0.453. The molecule has 0 fully saturated rings. The van der Waals surface area contributed by atoms with E-state index in [1.807, 2.05) is 30.3 Å². The molecule has 35 heavy (non-hydrogen) atoms. The highest BCUT2D eigenvalue weighted by molar-refractivity contribution is 7.80. The van der Waals surface area contributed by atoms with Gasteiger partial charge in [0, 0.05) is 31.0 Å². The van der Waals surface area contributed by atoms with Crippen LogP contribution < -0.4 is 10.6 Å². The topological polar surface area (TPSA) is 137 Å². The molecule has 1 aliphatic rings. The molecular formula is C24H27N5O5S. The molecule has 0 saturated heterocycles. The zero-order chi connectivity index (χ0) is 25.7. The number of nitrogens with zero attached hydrogens (tertiary/aromatic N) is 4. The van der Waals surface area contributed by atoms with E-state index in [0.717, 1.165) is 9.80 Å². The first-order valence-corrected chi connectivity index (χ1v) is 11.4. The van der Waals surface area contributed by atoms with Gasteiger partial charge < -0.3 is 20.6 Å². The SMILES string of the molecule is CN(CC(=O)O)C(=O)CN1C(=O)C(N(C)C(=O)C(N)CS)N=C(c2ccccc2)c2ccccc21. The van der Waals surface area contributed by atoms with E-state index in [1.165, 1.54) is 19.0 Å². The maximum Gasteiger partial charge on any atom is 0.323 e. The van der Waals surface area contributed by atoms with Crippen LogP contribution in [0.1, 0.15) is 11.1 Å². The molecule has 184 valence electrons. The van der Waals surface area contributed by atoms with E-state index < -0.39 is 49.0 Å². The Morgan fingerprint density at radius 2 is 1.74 bits per heavy atom. The predicted molar refractivity (Wildman–Crippen MR) is 135 cm³/mol. The second-order valence-corrected chi connectivity index (χ2v) is 8.41. The summed E-state index contributed by atoms with van der Waals surface area (Å²) in [6.45, 7) is -0.957. The number of hydrogen-bond acceptors (Lipinski definition) is 7. The molecule has 0 radical (unpaired) electrons. The molecule has 2 atom stereocenters. The van der Waals surface area contributed by atoms with Crippen molar-refractivity contribution in [2.45, 2.75) is 12.2 Å². The summed E-state index contributed by atoms with van der Waals surface area (Å²) in [5, 5.41) is 9.05. The third kappa shape index (κ3) is 5.69. The van der Waals surface area contributed by atoms with Crippen molar-refractivity contribution in [1.29, 1.82) is 0 Å². The van der Waals surface area contributed by atoms with Crippen molar-refractivity contribution in [1.82, 2.24) is 9.80 Å². The van der Waals surface area contributed by atoms with Crippen LogP contribution in [-0.4, -0.2) is 89.5 Å². The Kier molecular flexibility index (Phi) is 8.26. The lowest BCUT2D eigenvalue weighted by atomic mass is 10.0. The van der Waals surface area contributed by atoms with Gasteiger partial charge in [0.15, 0.2) is 0 Å². The van der Waals surface area contributed by atoms with Gasteiger partial charge in [-0.2, -0.15) is 12.6 Å². The molecule has 1 aliphatic heterocycles. The minimum atomic E-state index is -1.31. The number of amides is 3. The molecule has 2 aromatic carbocycles. The maximum atomic E-state index is 13.8. The smallest absolute Gasteiger partial charge is 0.323 e. The summed E-state index contributed by atoms with van der Waals surface area (Å²) >= 11 is 4.08. The fraction of sp³-hybridized carbons (Fsp3) is 0.292. The van der Waals surface area contributed by atoms with Crippen molar-refractivity contribution in [2.24, 2.45) is 10.7 Å². The number of nitrogens with two attached hydrogens (primary N) is 1. The number of likely N-dealkylation sites (N-methyl/N-ethyl adjacent to an activating group) is 2. The van der Waals surface area contributed by atoms with E-state index in [0.29, 0.717) is 22.5 Å². The third-order valence-corrected chi connectivity index (χ3v) is 5.95. The highest BCUT2D eigenvalue weighted by atomic mass is 32.1. The standard InChI is InChI=1S/C24H27N5O5S/c1-27(13-20(31)32)19(30)12-29-18-11-7-6-10-16(18)21(15-8-4-3-5-9-15)26-22(24(29)34)28(2)23(33)17(25)14-35/h3-11,17,22,35H,12-14,25H2,1-2H3,(H,31,32). The summed E-state index contributed by atoms with van der Waals surface area (Å²) in [5.41, 5.74) is 8.07. The third-order valence-electron chi connectivity index (χ3n) is 5.56. The maximum absolute atomic E-state index is 13.8. The average molecular weight is 498 g/mol. The Bertz CT molecular complexity index is 1160. The Balaban J connectivity index is 2.14. The van der Waals surface area contributed by atoms with E-state index in [4.69, 9.17) is 10.8 Å². The fourth-order valence-corrected chi connectivity index (χ4v) is 3.82. The lowest BCUT2D eigenvalue weighted by molar-refractivity contribution is -0.143. The lowest BCUT2D eigenvalue weighted by Gasteiger charge is -2.30. The van der Waals surface area contributed by atoms with Crippen LogP contribution in [0.25, 0.3) is 0 Å². The van der Waals surface area contributed by atoms with Gasteiger partial charge >= 0.3 is 5.97 Å². The van der Waals surface area contributed by atoms with Gasteiger partial charge in [0.05, 0.1) is 17.4 Å².